The Bertz CT molecular complexity index is 623. The maximum absolute atomic E-state index is 5.42. The van der Waals surface area contributed by atoms with E-state index in [0.717, 1.165) is 82.8 Å². The molecule has 0 spiro atoms. The van der Waals surface area contributed by atoms with Gasteiger partial charge in [-0.1, -0.05) is 12.5 Å². The van der Waals surface area contributed by atoms with E-state index in [1.165, 1.54) is 12.8 Å². The van der Waals surface area contributed by atoms with E-state index in [2.05, 4.69) is 38.9 Å². The fourth-order valence-electron chi connectivity index (χ4n) is 3.29. The summed E-state index contributed by atoms with van der Waals surface area (Å²) < 4.78 is 7.42. The Morgan fingerprint density at radius 1 is 1.24 bits per heavy atom. The molecule has 0 bridgehead atoms. The van der Waals surface area contributed by atoms with Crippen molar-refractivity contribution < 1.29 is 4.74 Å². The molecule has 0 atom stereocenters. The summed E-state index contributed by atoms with van der Waals surface area (Å²) in [6.07, 6.45) is 7.75. The number of aromatic nitrogens is 3. The van der Waals surface area contributed by atoms with Crippen LogP contribution in [0.1, 0.15) is 43.8 Å². The molecule has 164 valence electrons. The number of guanidine groups is 1. The molecule has 0 radical (unpaired) electrons. The van der Waals surface area contributed by atoms with Crippen LogP contribution in [-0.4, -0.2) is 83.5 Å². The number of ether oxygens (including phenoxy) is 1. The van der Waals surface area contributed by atoms with Crippen molar-refractivity contribution in [2.45, 2.75) is 45.6 Å². The molecule has 2 rings (SSSR count). The minimum atomic E-state index is 0.532. The van der Waals surface area contributed by atoms with E-state index < -0.39 is 0 Å². The third-order valence-electron chi connectivity index (χ3n) is 5.35. The minimum Gasteiger partial charge on any atom is -0.379 e. The number of unbranched alkanes of at least 4 members (excludes halogenated alkanes) is 3. The van der Waals surface area contributed by atoms with Crippen molar-refractivity contribution in [3.05, 3.63) is 24.3 Å². The van der Waals surface area contributed by atoms with Crippen LogP contribution in [-0.2, 0) is 18.3 Å². The minimum absolute atomic E-state index is 0.532. The van der Waals surface area contributed by atoms with E-state index in [4.69, 9.17) is 9.73 Å². The first-order valence-corrected chi connectivity index (χ1v) is 10.9. The molecule has 1 aromatic rings. The van der Waals surface area contributed by atoms with E-state index in [1.54, 1.807) is 0 Å². The van der Waals surface area contributed by atoms with Gasteiger partial charge < -0.3 is 19.5 Å². The lowest BCUT2D eigenvalue weighted by Crippen LogP contribution is -2.42. The van der Waals surface area contributed by atoms with Crippen molar-refractivity contribution in [2.75, 3.05) is 53.0 Å². The Morgan fingerprint density at radius 2 is 2.03 bits per heavy atom. The summed E-state index contributed by atoms with van der Waals surface area (Å²) >= 11 is 0. The van der Waals surface area contributed by atoms with Crippen molar-refractivity contribution in [1.29, 1.82) is 0 Å². The first-order chi connectivity index (χ1) is 14.1. The summed E-state index contributed by atoms with van der Waals surface area (Å²) in [5, 5.41) is 11.9. The molecule has 1 aromatic heterocycles. The molecular weight excluding hydrogens is 366 g/mol. The molecule has 0 aromatic carbocycles. The highest BCUT2D eigenvalue weighted by Crippen LogP contribution is 2.04. The third-order valence-corrected chi connectivity index (χ3v) is 5.35. The van der Waals surface area contributed by atoms with E-state index in [9.17, 15) is 0 Å². The van der Waals surface area contributed by atoms with Gasteiger partial charge in [-0.3, -0.25) is 4.90 Å². The molecule has 1 fully saturated rings. The van der Waals surface area contributed by atoms with Crippen LogP contribution in [0.4, 0.5) is 0 Å². The lowest BCUT2D eigenvalue weighted by atomic mass is 10.2. The molecule has 1 aliphatic heterocycles. The number of hydrogen-bond donors (Lipinski definition) is 1. The second-order valence-electron chi connectivity index (χ2n) is 7.66. The van der Waals surface area contributed by atoms with E-state index >= 15 is 0 Å². The standard InChI is InChI=1S/C21H39N7O/c1-5-6-7-8-9-12-26(3)21(23-18-20-25-24-19(2)27(20)4)22-11-10-13-28-14-16-29-17-15-28/h5H,1,6-18H2,2-4H3,(H,22,23). The first-order valence-electron chi connectivity index (χ1n) is 10.9. The summed E-state index contributed by atoms with van der Waals surface area (Å²) in [5.74, 6) is 2.73. The second kappa shape index (κ2) is 13.3. The van der Waals surface area contributed by atoms with Crippen LogP contribution in [0.3, 0.4) is 0 Å². The van der Waals surface area contributed by atoms with Crippen molar-refractivity contribution in [1.82, 2.24) is 29.9 Å². The predicted octanol–water partition coefficient (Wildman–Crippen LogP) is 1.97. The molecule has 1 aliphatic rings. The topological polar surface area (TPSA) is 70.8 Å². The van der Waals surface area contributed by atoms with E-state index in [-0.39, 0.29) is 0 Å². The molecule has 0 aliphatic carbocycles. The van der Waals surface area contributed by atoms with Gasteiger partial charge in [0.15, 0.2) is 11.8 Å². The lowest BCUT2D eigenvalue weighted by Gasteiger charge is -2.27. The molecule has 0 amide bonds. The smallest absolute Gasteiger partial charge is 0.194 e. The van der Waals surface area contributed by atoms with Crippen LogP contribution in [0.5, 0.6) is 0 Å². The molecule has 0 saturated carbocycles. The van der Waals surface area contributed by atoms with E-state index in [1.807, 2.05) is 24.6 Å². The Balaban J connectivity index is 1.84. The summed E-state index contributed by atoms with van der Waals surface area (Å²) in [5.41, 5.74) is 0. The van der Waals surface area contributed by atoms with Crippen molar-refractivity contribution >= 4 is 5.96 Å². The van der Waals surface area contributed by atoms with Gasteiger partial charge in [0, 0.05) is 40.3 Å². The van der Waals surface area contributed by atoms with Gasteiger partial charge in [-0.25, -0.2) is 4.99 Å². The average Bonchev–Trinajstić information content (AvgIpc) is 3.05. The number of aliphatic imine (C=N–C) groups is 1. The monoisotopic (exact) mass is 405 g/mol. The van der Waals surface area contributed by atoms with Gasteiger partial charge in [0.2, 0.25) is 0 Å². The van der Waals surface area contributed by atoms with Crippen LogP contribution in [0.15, 0.2) is 17.6 Å². The molecule has 8 heteroatoms. The quantitative estimate of drug-likeness (QED) is 0.248. The summed E-state index contributed by atoms with van der Waals surface area (Å²) in [4.78, 5) is 9.52. The molecule has 8 nitrogen and oxygen atoms in total. The van der Waals surface area contributed by atoms with Gasteiger partial charge >= 0.3 is 0 Å². The highest BCUT2D eigenvalue weighted by molar-refractivity contribution is 5.79. The maximum Gasteiger partial charge on any atom is 0.194 e. The lowest BCUT2D eigenvalue weighted by molar-refractivity contribution is 0.0375. The van der Waals surface area contributed by atoms with Gasteiger partial charge in [-0.2, -0.15) is 0 Å². The van der Waals surface area contributed by atoms with Gasteiger partial charge in [-0.05, 0) is 39.2 Å². The summed E-state index contributed by atoms with van der Waals surface area (Å²) in [6, 6.07) is 0. The van der Waals surface area contributed by atoms with Crippen LogP contribution in [0, 0.1) is 6.92 Å². The van der Waals surface area contributed by atoms with Gasteiger partial charge in [-0.15, -0.1) is 16.8 Å². The summed E-state index contributed by atoms with van der Waals surface area (Å²) in [7, 11) is 4.10. The molecule has 1 N–H and O–H groups in total. The van der Waals surface area contributed by atoms with Gasteiger partial charge in [0.25, 0.3) is 0 Å². The van der Waals surface area contributed by atoms with Gasteiger partial charge in [0.1, 0.15) is 12.4 Å². The number of rotatable bonds is 12. The largest absolute Gasteiger partial charge is 0.379 e. The van der Waals surface area contributed by atoms with Crippen molar-refractivity contribution in [3.63, 3.8) is 0 Å². The average molecular weight is 406 g/mol. The van der Waals surface area contributed by atoms with Crippen molar-refractivity contribution in [2.24, 2.45) is 12.0 Å². The number of nitrogens with zero attached hydrogens (tertiary/aromatic N) is 6. The van der Waals surface area contributed by atoms with Gasteiger partial charge in [0.05, 0.1) is 13.2 Å². The number of hydrogen-bond acceptors (Lipinski definition) is 5. The number of aryl methyl sites for hydroxylation is 1. The normalized spacial score (nSPS) is 15.5. The number of nitrogens with one attached hydrogen (secondary N) is 1. The SMILES string of the molecule is C=CCCCCCN(C)C(=NCc1nnc(C)n1C)NCCCN1CCOCC1. The zero-order valence-corrected chi connectivity index (χ0v) is 18.6. The molecular formula is C21H39N7O. The fraction of sp³-hybridized carbons (Fsp3) is 0.762. The molecule has 0 unspecified atom stereocenters. The third kappa shape index (κ3) is 8.53. The Kier molecular flexibility index (Phi) is 10.7. The molecule has 29 heavy (non-hydrogen) atoms. The maximum atomic E-state index is 5.42. The fourth-order valence-corrected chi connectivity index (χ4v) is 3.29. The Labute approximate surface area is 176 Å². The second-order valence-corrected chi connectivity index (χ2v) is 7.66. The zero-order chi connectivity index (χ0) is 20.9. The van der Waals surface area contributed by atoms with Crippen LogP contribution >= 0.6 is 0 Å². The molecule has 1 saturated heterocycles. The van der Waals surface area contributed by atoms with Crippen molar-refractivity contribution in [3.8, 4) is 0 Å². The van der Waals surface area contributed by atoms with E-state index in [0.29, 0.717) is 6.54 Å². The highest BCUT2D eigenvalue weighted by Gasteiger charge is 2.11. The Morgan fingerprint density at radius 3 is 2.72 bits per heavy atom. The number of allylic oxidation sites excluding steroid dienone is 1. The highest BCUT2D eigenvalue weighted by atomic mass is 16.5. The van der Waals surface area contributed by atoms with Crippen LogP contribution in [0.25, 0.3) is 0 Å². The van der Waals surface area contributed by atoms with Crippen LogP contribution in [0.2, 0.25) is 0 Å². The Hall–Kier alpha value is -1.93. The molecule has 2 heterocycles. The van der Waals surface area contributed by atoms with Crippen LogP contribution < -0.4 is 5.32 Å². The first kappa shape index (κ1) is 23.3. The predicted molar refractivity (Wildman–Crippen MR) is 118 cm³/mol. The zero-order valence-electron chi connectivity index (χ0n) is 18.6. The summed E-state index contributed by atoms with van der Waals surface area (Å²) in [6.45, 7) is 13.1. The number of morpholine rings is 1.